The zero-order valence-corrected chi connectivity index (χ0v) is 11.5. The van der Waals surface area contributed by atoms with Gasteiger partial charge in [0.05, 0.1) is 12.8 Å². The summed E-state index contributed by atoms with van der Waals surface area (Å²) >= 11 is 1.39. The number of carbonyl (C=O) groups excluding carboxylic acids is 1. The van der Waals surface area contributed by atoms with Gasteiger partial charge in [-0.2, -0.15) is 0 Å². The molecule has 100 valence electrons. The van der Waals surface area contributed by atoms with E-state index in [4.69, 9.17) is 4.74 Å². The van der Waals surface area contributed by atoms with Gasteiger partial charge in [0.15, 0.2) is 5.13 Å². The van der Waals surface area contributed by atoms with Crippen molar-refractivity contribution in [2.75, 3.05) is 17.7 Å². The van der Waals surface area contributed by atoms with E-state index in [-0.39, 0.29) is 11.9 Å². The lowest BCUT2D eigenvalue weighted by Crippen LogP contribution is -2.31. The highest BCUT2D eigenvalue weighted by molar-refractivity contribution is 7.13. The van der Waals surface area contributed by atoms with Crippen LogP contribution in [0.15, 0.2) is 35.8 Å². The van der Waals surface area contributed by atoms with Crippen molar-refractivity contribution in [1.82, 2.24) is 4.98 Å². The summed E-state index contributed by atoms with van der Waals surface area (Å²) in [5, 5.41) is 8.27. The molecule has 0 aliphatic heterocycles. The molecule has 6 heteroatoms. The van der Waals surface area contributed by atoms with Crippen LogP contribution in [0.25, 0.3) is 0 Å². The molecule has 0 radical (unpaired) electrons. The van der Waals surface area contributed by atoms with E-state index in [1.54, 1.807) is 20.2 Å². The molecular formula is C13H15N3O2S. The SMILES string of the molecule is COc1ccccc1N[C@H](C)C(=O)Nc1nccs1. The van der Waals surface area contributed by atoms with Gasteiger partial charge in [-0.15, -0.1) is 11.3 Å². The van der Waals surface area contributed by atoms with E-state index in [9.17, 15) is 4.79 Å². The number of methoxy groups -OCH3 is 1. The summed E-state index contributed by atoms with van der Waals surface area (Å²) in [5.41, 5.74) is 0.784. The van der Waals surface area contributed by atoms with E-state index in [0.717, 1.165) is 5.69 Å². The summed E-state index contributed by atoms with van der Waals surface area (Å²) < 4.78 is 5.23. The summed E-state index contributed by atoms with van der Waals surface area (Å²) in [5.74, 6) is 0.567. The molecule has 19 heavy (non-hydrogen) atoms. The Balaban J connectivity index is 2.00. The molecule has 2 N–H and O–H groups in total. The predicted octanol–water partition coefficient (Wildman–Crippen LogP) is 2.59. The largest absolute Gasteiger partial charge is 0.495 e. The van der Waals surface area contributed by atoms with Gasteiger partial charge in [0.1, 0.15) is 11.8 Å². The molecule has 0 saturated carbocycles. The van der Waals surface area contributed by atoms with Crippen molar-refractivity contribution in [1.29, 1.82) is 0 Å². The van der Waals surface area contributed by atoms with Crippen LogP contribution in [0.4, 0.5) is 10.8 Å². The molecule has 0 saturated heterocycles. The highest BCUT2D eigenvalue weighted by Crippen LogP contribution is 2.24. The number of aromatic nitrogens is 1. The molecule has 0 aliphatic rings. The Hall–Kier alpha value is -2.08. The number of ether oxygens (including phenoxy) is 1. The minimum absolute atomic E-state index is 0.138. The van der Waals surface area contributed by atoms with Crippen LogP contribution < -0.4 is 15.4 Å². The van der Waals surface area contributed by atoms with Crippen molar-refractivity contribution in [3.05, 3.63) is 35.8 Å². The zero-order valence-electron chi connectivity index (χ0n) is 10.7. The molecule has 1 aromatic carbocycles. The predicted molar refractivity (Wildman–Crippen MR) is 76.8 cm³/mol. The molecule has 2 rings (SSSR count). The van der Waals surface area contributed by atoms with Gasteiger partial charge in [0.2, 0.25) is 5.91 Å². The molecule has 5 nitrogen and oxygen atoms in total. The molecular weight excluding hydrogens is 262 g/mol. The standard InChI is InChI=1S/C13H15N3O2S/c1-9(12(17)16-13-14-7-8-19-13)15-10-5-3-4-6-11(10)18-2/h3-9,15H,1-2H3,(H,14,16,17)/t9-/m1/s1. The lowest BCUT2D eigenvalue weighted by Gasteiger charge is -2.16. The number of thiazole rings is 1. The number of anilines is 2. The molecule has 1 heterocycles. The van der Waals surface area contributed by atoms with Gasteiger partial charge in [-0.1, -0.05) is 12.1 Å². The number of hydrogen-bond acceptors (Lipinski definition) is 5. The van der Waals surface area contributed by atoms with Crippen molar-refractivity contribution in [3.8, 4) is 5.75 Å². The Labute approximate surface area is 115 Å². The second-order valence-corrected chi connectivity index (χ2v) is 4.79. The Morgan fingerprint density at radius 3 is 2.89 bits per heavy atom. The highest BCUT2D eigenvalue weighted by atomic mass is 32.1. The number of carbonyl (C=O) groups is 1. The fourth-order valence-corrected chi connectivity index (χ4v) is 2.09. The number of hydrogen-bond donors (Lipinski definition) is 2. The van der Waals surface area contributed by atoms with Gasteiger partial charge >= 0.3 is 0 Å². The molecule has 0 unspecified atom stereocenters. The topological polar surface area (TPSA) is 63.2 Å². The number of nitrogens with zero attached hydrogens (tertiary/aromatic N) is 1. The third-order valence-corrected chi connectivity index (χ3v) is 3.22. The van der Waals surface area contributed by atoms with Crippen molar-refractivity contribution in [3.63, 3.8) is 0 Å². The molecule has 1 aromatic heterocycles. The van der Waals surface area contributed by atoms with Crippen LogP contribution in [0.1, 0.15) is 6.92 Å². The number of rotatable bonds is 5. The van der Waals surface area contributed by atoms with E-state index >= 15 is 0 Å². The zero-order chi connectivity index (χ0) is 13.7. The van der Waals surface area contributed by atoms with E-state index in [0.29, 0.717) is 10.9 Å². The third kappa shape index (κ3) is 3.45. The van der Waals surface area contributed by atoms with Crippen molar-refractivity contribution in [2.45, 2.75) is 13.0 Å². The molecule has 1 atom stereocenters. The number of amides is 1. The fourth-order valence-electron chi connectivity index (χ4n) is 1.56. The van der Waals surface area contributed by atoms with Gasteiger partial charge in [-0.3, -0.25) is 4.79 Å². The first-order valence-corrected chi connectivity index (χ1v) is 6.68. The number of benzene rings is 1. The smallest absolute Gasteiger partial charge is 0.248 e. The monoisotopic (exact) mass is 277 g/mol. The normalized spacial score (nSPS) is 11.7. The van der Waals surface area contributed by atoms with Crippen LogP contribution in [0.3, 0.4) is 0 Å². The molecule has 0 bridgehead atoms. The van der Waals surface area contributed by atoms with Gasteiger partial charge in [0.25, 0.3) is 0 Å². The summed E-state index contributed by atoms with van der Waals surface area (Å²) in [6.07, 6.45) is 1.65. The average Bonchev–Trinajstić information content (AvgIpc) is 2.92. The van der Waals surface area contributed by atoms with Gasteiger partial charge < -0.3 is 15.4 Å². The second kappa shape index (κ2) is 6.19. The Morgan fingerprint density at radius 1 is 1.42 bits per heavy atom. The lowest BCUT2D eigenvalue weighted by molar-refractivity contribution is -0.116. The van der Waals surface area contributed by atoms with Gasteiger partial charge in [-0.25, -0.2) is 4.98 Å². The maximum Gasteiger partial charge on any atom is 0.248 e. The van der Waals surface area contributed by atoms with E-state index in [2.05, 4.69) is 15.6 Å². The minimum Gasteiger partial charge on any atom is -0.495 e. The van der Waals surface area contributed by atoms with Crippen molar-refractivity contribution < 1.29 is 9.53 Å². The van der Waals surface area contributed by atoms with Crippen LogP contribution in [0.2, 0.25) is 0 Å². The minimum atomic E-state index is -0.389. The number of para-hydroxylation sites is 2. The lowest BCUT2D eigenvalue weighted by atomic mass is 10.2. The van der Waals surface area contributed by atoms with E-state index in [1.165, 1.54) is 11.3 Å². The first-order valence-electron chi connectivity index (χ1n) is 5.80. The molecule has 2 aromatic rings. The number of nitrogens with one attached hydrogen (secondary N) is 2. The molecule has 0 fully saturated rings. The van der Waals surface area contributed by atoms with Gasteiger partial charge in [0, 0.05) is 11.6 Å². The van der Waals surface area contributed by atoms with Crippen LogP contribution in [0.5, 0.6) is 5.75 Å². The van der Waals surface area contributed by atoms with Crippen LogP contribution in [0, 0.1) is 0 Å². The molecule has 0 aliphatic carbocycles. The van der Waals surface area contributed by atoms with Crippen LogP contribution in [-0.4, -0.2) is 24.0 Å². The Kier molecular flexibility index (Phi) is 4.35. The molecule has 1 amide bonds. The molecule has 0 spiro atoms. The summed E-state index contributed by atoms with van der Waals surface area (Å²) in [4.78, 5) is 16.0. The van der Waals surface area contributed by atoms with Crippen LogP contribution in [-0.2, 0) is 4.79 Å². The van der Waals surface area contributed by atoms with E-state index < -0.39 is 0 Å². The Morgan fingerprint density at radius 2 is 2.21 bits per heavy atom. The first-order chi connectivity index (χ1) is 9.20. The Bertz CT molecular complexity index is 543. The summed E-state index contributed by atoms with van der Waals surface area (Å²) in [6.45, 7) is 1.79. The van der Waals surface area contributed by atoms with Gasteiger partial charge in [-0.05, 0) is 19.1 Å². The second-order valence-electron chi connectivity index (χ2n) is 3.89. The fraction of sp³-hybridized carbons (Fsp3) is 0.231. The quantitative estimate of drug-likeness (QED) is 0.881. The van der Waals surface area contributed by atoms with Crippen LogP contribution >= 0.6 is 11.3 Å². The summed E-state index contributed by atoms with van der Waals surface area (Å²) in [6, 6.07) is 7.08. The first kappa shape index (κ1) is 13.4. The van der Waals surface area contributed by atoms with Crippen molar-refractivity contribution >= 4 is 28.1 Å². The maximum absolute atomic E-state index is 12.0. The van der Waals surface area contributed by atoms with Crippen molar-refractivity contribution in [2.24, 2.45) is 0 Å². The third-order valence-electron chi connectivity index (χ3n) is 2.53. The van der Waals surface area contributed by atoms with E-state index in [1.807, 2.05) is 29.6 Å². The highest BCUT2D eigenvalue weighted by Gasteiger charge is 2.15. The maximum atomic E-state index is 12.0. The average molecular weight is 277 g/mol. The summed E-state index contributed by atoms with van der Waals surface area (Å²) in [7, 11) is 1.60.